The van der Waals surface area contributed by atoms with E-state index in [4.69, 9.17) is 18.5 Å². The molecule has 0 aliphatic carbocycles. The van der Waals surface area contributed by atoms with Crippen molar-refractivity contribution < 1.29 is 42.1 Å². The molecule has 0 saturated carbocycles. The van der Waals surface area contributed by atoms with Crippen LogP contribution in [0.1, 0.15) is 162 Å². The van der Waals surface area contributed by atoms with Crippen LogP contribution in [-0.4, -0.2) is 74.9 Å². The number of hydrogen-bond donors (Lipinski definition) is 1. The molecule has 0 aliphatic rings. The Kier molecular flexibility index (Phi) is 30.0. The van der Waals surface area contributed by atoms with Gasteiger partial charge in [-0.2, -0.15) is 0 Å². The fraction of sp³-hybridized carbons (Fsp3) is 0.892. The van der Waals surface area contributed by atoms with Crippen molar-refractivity contribution in [2.75, 3.05) is 47.5 Å². The molecule has 0 radical (unpaired) electrons. The van der Waals surface area contributed by atoms with Gasteiger partial charge >= 0.3 is 19.8 Å². The van der Waals surface area contributed by atoms with Crippen LogP contribution in [0.25, 0.3) is 0 Å². The van der Waals surface area contributed by atoms with Gasteiger partial charge in [-0.15, -0.1) is 0 Å². The number of rotatable bonds is 34. The summed E-state index contributed by atoms with van der Waals surface area (Å²) in [6, 6.07) is 0. The normalized spacial score (nSPS) is 13.9. The zero-order chi connectivity index (χ0) is 35.1. The largest absolute Gasteiger partial charge is 0.472 e. The molecule has 1 N–H and O–H groups in total. The lowest BCUT2D eigenvalue weighted by Gasteiger charge is -2.24. The van der Waals surface area contributed by atoms with Crippen LogP contribution in [0.4, 0.5) is 0 Å². The van der Waals surface area contributed by atoms with Gasteiger partial charge in [-0.1, -0.05) is 122 Å². The number of likely N-dealkylation sites (N-methyl/N-ethyl adjacent to an activating group) is 1. The van der Waals surface area contributed by atoms with E-state index >= 15 is 0 Å². The maximum Gasteiger partial charge on any atom is 0.472 e. The van der Waals surface area contributed by atoms with Crippen molar-refractivity contribution in [2.45, 2.75) is 168 Å². The van der Waals surface area contributed by atoms with Crippen LogP contribution in [0.3, 0.4) is 0 Å². The number of allylic oxidation sites excluding steroid dienone is 2. The quantitative estimate of drug-likeness (QED) is 0.0234. The molecule has 0 aromatic carbocycles. The zero-order valence-corrected chi connectivity index (χ0v) is 31.9. The molecule has 1 unspecified atom stereocenters. The van der Waals surface area contributed by atoms with Crippen molar-refractivity contribution in [3.63, 3.8) is 0 Å². The number of esters is 2. The third-order valence-electron chi connectivity index (χ3n) is 8.05. The summed E-state index contributed by atoms with van der Waals surface area (Å²) in [6.45, 7) is 4.37. The highest BCUT2D eigenvalue weighted by molar-refractivity contribution is 7.47. The van der Waals surface area contributed by atoms with Crippen molar-refractivity contribution >= 4 is 19.8 Å². The molecule has 0 aromatic heterocycles. The highest BCUT2D eigenvalue weighted by atomic mass is 31.2. The third-order valence-corrected chi connectivity index (χ3v) is 9.03. The number of ether oxygens (including phenoxy) is 2. The smallest absolute Gasteiger partial charge is 0.462 e. The van der Waals surface area contributed by atoms with Gasteiger partial charge < -0.3 is 18.9 Å². The summed E-state index contributed by atoms with van der Waals surface area (Å²) >= 11 is 0. The molecular weight excluding hydrogens is 617 g/mol. The predicted molar refractivity (Wildman–Crippen MR) is 192 cm³/mol. The van der Waals surface area contributed by atoms with E-state index in [2.05, 4.69) is 26.0 Å². The Morgan fingerprint density at radius 3 is 1.60 bits per heavy atom. The number of hydrogen-bond acceptors (Lipinski definition) is 7. The standard InChI is InChI=1S/C37H72NO8P/c1-6-8-10-12-14-16-18-19-20-22-23-25-27-29-36(39)43-33-35(34-45-47(41,42)44-32-31-38(3,4)5)46-37(40)30-28-26-24-21-17-15-13-11-9-7-2/h16,18,35H,6-15,17,19-34H2,1-5H3/p+1/b18-16-/t35-/m1/s1. The summed E-state index contributed by atoms with van der Waals surface area (Å²) < 4.78 is 34.1. The van der Waals surface area contributed by atoms with E-state index in [1.54, 1.807) is 0 Å². The molecular formula is C37H73NO8P+. The number of carbonyl (C=O) groups excluding carboxylic acids is 2. The Balaban J connectivity index is 4.44. The topological polar surface area (TPSA) is 108 Å². The Labute approximate surface area is 288 Å². The second-order valence-corrected chi connectivity index (χ2v) is 15.4. The Bertz CT molecular complexity index is 830. The van der Waals surface area contributed by atoms with Gasteiger partial charge in [-0.05, 0) is 38.5 Å². The van der Waals surface area contributed by atoms with Gasteiger partial charge in [0.15, 0.2) is 6.10 Å². The van der Waals surface area contributed by atoms with Crippen LogP contribution < -0.4 is 0 Å². The van der Waals surface area contributed by atoms with Crippen molar-refractivity contribution in [1.29, 1.82) is 0 Å². The first kappa shape index (κ1) is 45.8. The molecule has 10 heteroatoms. The first-order valence-corrected chi connectivity index (χ1v) is 20.4. The van der Waals surface area contributed by atoms with E-state index in [9.17, 15) is 19.0 Å². The summed E-state index contributed by atoms with van der Waals surface area (Å²) in [5.41, 5.74) is 0. The lowest BCUT2D eigenvalue weighted by atomic mass is 10.1. The lowest BCUT2D eigenvalue weighted by Crippen LogP contribution is -2.37. The highest BCUT2D eigenvalue weighted by Crippen LogP contribution is 2.43. The van der Waals surface area contributed by atoms with Gasteiger partial charge in [0.05, 0.1) is 27.7 Å². The fourth-order valence-electron chi connectivity index (χ4n) is 5.01. The number of quaternary nitrogens is 1. The Morgan fingerprint density at radius 2 is 1.09 bits per heavy atom. The molecule has 0 bridgehead atoms. The van der Waals surface area contributed by atoms with Gasteiger partial charge in [0.2, 0.25) is 0 Å². The van der Waals surface area contributed by atoms with Crippen LogP contribution in [-0.2, 0) is 32.7 Å². The number of unbranched alkanes of at least 4 members (excludes halogenated alkanes) is 18. The van der Waals surface area contributed by atoms with E-state index < -0.39 is 26.5 Å². The maximum absolute atomic E-state index is 12.6. The average molecular weight is 691 g/mol. The van der Waals surface area contributed by atoms with E-state index in [1.807, 2.05) is 21.1 Å². The van der Waals surface area contributed by atoms with Gasteiger partial charge in [0.1, 0.15) is 19.8 Å². The van der Waals surface area contributed by atoms with Crippen LogP contribution in [0.5, 0.6) is 0 Å². The second-order valence-electron chi connectivity index (χ2n) is 14.0. The molecule has 0 amide bonds. The van der Waals surface area contributed by atoms with E-state index in [1.165, 1.54) is 77.0 Å². The summed E-state index contributed by atoms with van der Waals surface area (Å²) in [6.07, 6.45) is 28.3. The molecule has 47 heavy (non-hydrogen) atoms. The molecule has 2 atom stereocenters. The minimum Gasteiger partial charge on any atom is -0.462 e. The number of phosphoric acid groups is 1. The minimum atomic E-state index is -4.36. The van der Waals surface area contributed by atoms with Gasteiger partial charge in [0.25, 0.3) is 0 Å². The molecule has 0 aromatic rings. The van der Waals surface area contributed by atoms with Crippen LogP contribution in [0, 0.1) is 0 Å². The fourth-order valence-corrected chi connectivity index (χ4v) is 5.75. The SMILES string of the molecule is CCCCCC/C=C\CCCCCCCC(=O)OC[C@H](COP(=O)(O)OCC[N+](C)(C)C)OC(=O)CCCCCCCCCCCC. The van der Waals surface area contributed by atoms with Crippen molar-refractivity contribution in [3.8, 4) is 0 Å². The highest BCUT2D eigenvalue weighted by Gasteiger charge is 2.27. The van der Waals surface area contributed by atoms with E-state index in [-0.39, 0.29) is 32.0 Å². The molecule has 0 aliphatic heterocycles. The van der Waals surface area contributed by atoms with Crippen molar-refractivity contribution in [3.05, 3.63) is 12.2 Å². The number of carbonyl (C=O) groups is 2. The van der Waals surface area contributed by atoms with Crippen molar-refractivity contribution in [2.24, 2.45) is 0 Å². The second kappa shape index (κ2) is 30.8. The first-order chi connectivity index (χ1) is 22.5. The molecule has 0 saturated heterocycles. The number of phosphoric ester groups is 1. The van der Waals surface area contributed by atoms with Gasteiger partial charge in [0, 0.05) is 12.8 Å². The third kappa shape index (κ3) is 34.4. The molecule has 0 fully saturated rings. The molecule has 9 nitrogen and oxygen atoms in total. The monoisotopic (exact) mass is 691 g/mol. The number of nitrogens with zero attached hydrogens (tertiary/aromatic N) is 1. The van der Waals surface area contributed by atoms with E-state index in [0.717, 1.165) is 51.4 Å². The van der Waals surface area contributed by atoms with Gasteiger partial charge in [-0.25, -0.2) is 4.57 Å². The predicted octanol–water partition coefficient (Wildman–Crippen LogP) is 9.85. The average Bonchev–Trinajstić information content (AvgIpc) is 3.01. The summed E-state index contributed by atoms with van der Waals surface area (Å²) in [5, 5.41) is 0. The van der Waals surface area contributed by atoms with Crippen LogP contribution in [0.2, 0.25) is 0 Å². The van der Waals surface area contributed by atoms with Crippen LogP contribution >= 0.6 is 7.82 Å². The summed E-state index contributed by atoms with van der Waals surface area (Å²) in [4.78, 5) is 35.1. The van der Waals surface area contributed by atoms with E-state index in [0.29, 0.717) is 17.4 Å². The summed E-state index contributed by atoms with van der Waals surface area (Å²) in [5.74, 6) is -0.808. The first-order valence-electron chi connectivity index (χ1n) is 18.9. The Hall–Kier alpha value is -1.25. The summed E-state index contributed by atoms with van der Waals surface area (Å²) in [7, 11) is 1.48. The Morgan fingerprint density at radius 1 is 0.638 bits per heavy atom. The molecule has 0 spiro atoms. The van der Waals surface area contributed by atoms with Gasteiger partial charge in [-0.3, -0.25) is 18.6 Å². The van der Waals surface area contributed by atoms with Crippen molar-refractivity contribution in [1.82, 2.24) is 0 Å². The maximum atomic E-state index is 12.6. The molecule has 0 heterocycles. The molecule has 278 valence electrons. The lowest BCUT2D eigenvalue weighted by molar-refractivity contribution is -0.870. The minimum absolute atomic E-state index is 0.0330. The zero-order valence-electron chi connectivity index (χ0n) is 31.0. The van der Waals surface area contributed by atoms with Crippen LogP contribution in [0.15, 0.2) is 12.2 Å². The molecule has 0 rings (SSSR count).